The number of carboxylic acids is 1. The number of anilines is 1. The first-order valence-electron chi connectivity index (χ1n) is 8.03. The number of aromatic carboxylic acids is 1. The van der Waals surface area contributed by atoms with Crippen LogP contribution < -0.4 is 14.8 Å². The van der Waals surface area contributed by atoms with Crippen molar-refractivity contribution in [1.29, 1.82) is 0 Å². The number of amides is 1. The van der Waals surface area contributed by atoms with Crippen LogP contribution in [0.4, 0.5) is 5.69 Å². The van der Waals surface area contributed by atoms with Crippen molar-refractivity contribution in [3.63, 3.8) is 0 Å². The zero-order chi connectivity index (χ0) is 18.9. The van der Waals surface area contributed by atoms with Gasteiger partial charge in [-0.05, 0) is 55.0 Å². The predicted molar refractivity (Wildman–Crippen MR) is 95.9 cm³/mol. The van der Waals surface area contributed by atoms with Crippen molar-refractivity contribution in [3.8, 4) is 11.5 Å². The molecule has 138 valence electrons. The quantitative estimate of drug-likeness (QED) is 0.715. The van der Waals surface area contributed by atoms with Gasteiger partial charge in [0.15, 0.2) is 6.61 Å². The maximum Gasteiger partial charge on any atom is 0.335 e. The van der Waals surface area contributed by atoms with Gasteiger partial charge in [-0.25, -0.2) is 4.79 Å². The third-order valence-electron chi connectivity index (χ3n) is 3.34. The average Bonchev–Trinajstić information content (AvgIpc) is 2.61. The van der Waals surface area contributed by atoms with E-state index in [0.29, 0.717) is 23.6 Å². The van der Waals surface area contributed by atoms with Crippen LogP contribution in [0, 0.1) is 0 Å². The molecule has 0 fully saturated rings. The molecule has 0 atom stereocenters. The van der Waals surface area contributed by atoms with Crippen molar-refractivity contribution >= 4 is 17.6 Å². The Labute approximate surface area is 151 Å². The molecule has 26 heavy (non-hydrogen) atoms. The van der Waals surface area contributed by atoms with Gasteiger partial charge in [0.1, 0.15) is 11.5 Å². The van der Waals surface area contributed by atoms with Gasteiger partial charge in [0.25, 0.3) is 5.91 Å². The smallest absolute Gasteiger partial charge is 0.335 e. The van der Waals surface area contributed by atoms with Crippen molar-refractivity contribution in [2.45, 2.75) is 13.5 Å². The van der Waals surface area contributed by atoms with Crippen LogP contribution in [0.15, 0.2) is 42.5 Å². The Morgan fingerprint density at radius 2 is 1.69 bits per heavy atom. The lowest BCUT2D eigenvalue weighted by molar-refractivity contribution is -0.118. The second-order valence-electron chi connectivity index (χ2n) is 5.40. The van der Waals surface area contributed by atoms with Crippen molar-refractivity contribution in [2.24, 2.45) is 0 Å². The molecule has 2 aromatic carbocycles. The summed E-state index contributed by atoms with van der Waals surface area (Å²) in [5, 5.41) is 11.8. The van der Waals surface area contributed by atoms with E-state index >= 15 is 0 Å². The third-order valence-corrected chi connectivity index (χ3v) is 3.34. The van der Waals surface area contributed by atoms with Gasteiger partial charge in [0, 0.05) is 12.8 Å². The number of benzene rings is 2. The molecule has 2 rings (SSSR count). The highest BCUT2D eigenvalue weighted by Crippen LogP contribution is 2.18. The van der Waals surface area contributed by atoms with Crippen LogP contribution in [0.25, 0.3) is 0 Å². The molecule has 0 spiro atoms. The highest BCUT2D eigenvalue weighted by atomic mass is 16.5. The Morgan fingerprint density at radius 1 is 1.04 bits per heavy atom. The molecule has 0 aliphatic rings. The molecule has 2 N–H and O–H groups in total. The van der Waals surface area contributed by atoms with Gasteiger partial charge in [-0.15, -0.1) is 0 Å². The van der Waals surface area contributed by atoms with E-state index < -0.39 is 11.9 Å². The summed E-state index contributed by atoms with van der Waals surface area (Å²) in [6, 6.07) is 11.5. The van der Waals surface area contributed by atoms with E-state index in [-0.39, 0.29) is 18.8 Å². The van der Waals surface area contributed by atoms with Crippen LogP contribution in [0.5, 0.6) is 11.5 Å². The number of nitrogens with one attached hydrogen (secondary N) is 1. The highest BCUT2D eigenvalue weighted by Gasteiger charge is 2.10. The standard InChI is InChI=1S/C19H21NO6/c1-3-25-16-4-6-17(7-5-16)26-12-18(21)20-15-9-13(11-24-2)8-14(10-15)19(22)23/h4-10H,3,11-12H2,1-2H3,(H,20,21)(H,22,23). The Bertz CT molecular complexity index is 757. The average molecular weight is 359 g/mol. The molecular formula is C19H21NO6. The first-order chi connectivity index (χ1) is 12.5. The van der Waals surface area contributed by atoms with Gasteiger partial charge < -0.3 is 24.6 Å². The van der Waals surface area contributed by atoms with E-state index in [1.807, 2.05) is 6.92 Å². The minimum absolute atomic E-state index is 0.0716. The van der Waals surface area contributed by atoms with Crippen LogP contribution >= 0.6 is 0 Å². The van der Waals surface area contributed by atoms with Gasteiger partial charge >= 0.3 is 5.97 Å². The monoisotopic (exact) mass is 359 g/mol. The van der Waals surface area contributed by atoms with Gasteiger partial charge in [-0.3, -0.25) is 4.79 Å². The lowest BCUT2D eigenvalue weighted by Crippen LogP contribution is -2.20. The molecule has 1 amide bonds. The summed E-state index contributed by atoms with van der Waals surface area (Å²) in [4.78, 5) is 23.3. The fourth-order valence-electron chi connectivity index (χ4n) is 2.28. The largest absolute Gasteiger partial charge is 0.494 e. The van der Waals surface area contributed by atoms with Crippen LogP contribution in [0.1, 0.15) is 22.8 Å². The SMILES string of the molecule is CCOc1ccc(OCC(=O)Nc2cc(COC)cc(C(=O)O)c2)cc1. The summed E-state index contributed by atoms with van der Waals surface area (Å²) >= 11 is 0. The van der Waals surface area contributed by atoms with E-state index in [2.05, 4.69) is 5.32 Å². The van der Waals surface area contributed by atoms with E-state index in [4.69, 9.17) is 19.3 Å². The highest BCUT2D eigenvalue weighted by molar-refractivity contribution is 5.94. The van der Waals surface area contributed by atoms with Crippen LogP contribution in [0.3, 0.4) is 0 Å². The van der Waals surface area contributed by atoms with Gasteiger partial charge in [-0.1, -0.05) is 0 Å². The normalized spacial score (nSPS) is 10.2. The Hall–Kier alpha value is -3.06. The molecule has 0 saturated carbocycles. The number of carbonyl (C=O) groups excluding carboxylic acids is 1. The van der Waals surface area contributed by atoms with E-state index in [0.717, 1.165) is 5.75 Å². The molecule has 0 unspecified atom stereocenters. The maximum atomic E-state index is 12.1. The molecule has 0 aliphatic heterocycles. The third kappa shape index (κ3) is 5.78. The molecule has 0 heterocycles. The number of ether oxygens (including phenoxy) is 3. The summed E-state index contributed by atoms with van der Waals surface area (Å²) in [6.07, 6.45) is 0. The van der Waals surface area contributed by atoms with Gasteiger partial charge in [0.2, 0.25) is 0 Å². The molecular weight excluding hydrogens is 338 g/mol. The number of hydrogen-bond acceptors (Lipinski definition) is 5. The number of hydrogen-bond donors (Lipinski definition) is 2. The first-order valence-corrected chi connectivity index (χ1v) is 8.03. The molecule has 0 radical (unpaired) electrons. The van der Waals surface area contributed by atoms with Gasteiger partial charge in [0.05, 0.1) is 18.8 Å². The summed E-state index contributed by atoms with van der Waals surface area (Å²) in [6.45, 7) is 2.51. The Morgan fingerprint density at radius 3 is 2.27 bits per heavy atom. The fourth-order valence-corrected chi connectivity index (χ4v) is 2.28. The van der Waals surface area contributed by atoms with Crippen molar-refractivity contribution in [1.82, 2.24) is 0 Å². The molecule has 7 heteroatoms. The van der Waals surface area contributed by atoms with Crippen LogP contribution in [-0.2, 0) is 16.1 Å². The second-order valence-corrected chi connectivity index (χ2v) is 5.40. The molecule has 0 saturated heterocycles. The molecule has 2 aromatic rings. The minimum atomic E-state index is -1.08. The van der Waals surface area contributed by atoms with Crippen molar-refractivity contribution < 1.29 is 28.9 Å². The Kier molecular flexibility index (Phi) is 6.99. The zero-order valence-electron chi connectivity index (χ0n) is 14.7. The van der Waals surface area contributed by atoms with E-state index in [1.54, 1.807) is 30.3 Å². The molecule has 0 aromatic heterocycles. The topological polar surface area (TPSA) is 94.1 Å². The second kappa shape index (κ2) is 9.43. The lowest BCUT2D eigenvalue weighted by Gasteiger charge is -2.10. The zero-order valence-corrected chi connectivity index (χ0v) is 14.7. The molecule has 7 nitrogen and oxygen atoms in total. The summed E-state index contributed by atoms with van der Waals surface area (Å²) in [5.74, 6) is -0.225. The van der Waals surface area contributed by atoms with E-state index in [9.17, 15) is 9.59 Å². The summed E-state index contributed by atoms with van der Waals surface area (Å²) in [5.41, 5.74) is 1.09. The summed E-state index contributed by atoms with van der Waals surface area (Å²) in [7, 11) is 1.51. The molecule has 0 aliphatic carbocycles. The minimum Gasteiger partial charge on any atom is -0.494 e. The number of rotatable bonds is 9. The van der Waals surface area contributed by atoms with Crippen LogP contribution in [0.2, 0.25) is 0 Å². The number of carbonyl (C=O) groups is 2. The number of carboxylic acid groups (broad SMARTS) is 1. The fraction of sp³-hybridized carbons (Fsp3) is 0.263. The summed E-state index contributed by atoms with van der Waals surface area (Å²) < 4.78 is 15.8. The Balaban J connectivity index is 1.97. The number of methoxy groups -OCH3 is 1. The van der Waals surface area contributed by atoms with Crippen LogP contribution in [-0.4, -0.2) is 37.3 Å². The van der Waals surface area contributed by atoms with Crippen molar-refractivity contribution in [2.75, 3.05) is 25.6 Å². The van der Waals surface area contributed by atoms with E-state index in [1.165, 1.54) is 19.2 Å². The lowest BCUT2D eigenvalue weighted by atomic mass is 10.1. The van der Waals surface area contributed by atoms with Gasteiger partial charge in [-0.2, -0.15) is 0 Å². The van der Waals surface area contributed by atoms with Crippen molar-refractivity contribution in [3.05, 3.63) is 53.6 Å². The molecule has 0 bridgehead atoms. The first kappa shape index (κ1) is 19.3. The predicted octanol–water partition coefficient (Wildman–Crippen LogP) is 2.95. The maximum absolute atomic E-state index is 12.1.